The highest BCUT2D eigenvalue weighted by Crippen LogP contribution is 2.39. The number of aliphatic imine (C=N–C) groups is 1. The molecule has 0 bridgehead atoms. The third-order valence-electron chi connectivity index (χ3n) is 6.57. The van der Waals surface area contributed by atoms with E-state index in [9.17, 15) is 4.79 Å². The van der Waals surface area contributed by atoms with E-state index >= 15 is 0 Å². The highest BCUT2D eigenvalue weighted by molar-refractivity contribution is 6.19. The Balaban J connectivity index is 1.34. The van der Waals surface area contributed by atoms with Crippen molar-refractivity contribution in [3.63, 3.8) is 0 Å². The van der Waals surface area contributed by atoms with Crippen molar-refractivity contribution in [1.29, 1.82) is 0 Å². The van der Waals surface area contributed by atoms with Gasteiger partial charge in [-0.1, -0.05) is 55.1 Å². The molecule has 2 amide bonds. The summed E-state index contributed by atoms with van der Waals surface area (Å²) in [7, 11) is 0. The number of anilines is 1. The number of nitrogens with one attached hydrogen (secondary N) is 2. The van der Waals surface area contributed by atoms with Crippen LogP contribution in [0.3, 0.4) is 0 Å². The van der Waals surface area contributed by atoms with E-state index in [4.69, 9.17) is 9.73 Å². The molecule has 0 radical (unpaired) electrons. The number of hydrogen-bond acceptors (Lipinski definition) is 4. The van der Waals surface area contributed by atoms with E-state index in [-0.39, 0.29) is 6.03 Å². The summed E-state index contributed by atoms with van der Waals surface area (Å²) >= 11 is 0. The van der Waals surface area contributed by atoms with E-state index in [0.29, 0.717) is 12.4 Å². The zero-order valence-corrected chi connectivity index (χ0v) is 19.6. The first kappa shape index (κ1) is 21.9. The molecule has 3 heterocycles. The van der Waals surface area contributed by atoms with Gasteiger partial charge in [0, 0.05) is 23.4 Å². The van der Waals surface area contributed by atoms with Gasteiger partial charge in [-0.15, -0.1) is 0 Å². The summed E-state index contributed by atoms with van der Waals surface area (Å²) in [5.74, 6) is 1.33. The molecule has 0 saturated carbocycles. The highest BCUT2D eigenvalue weighted by Gasteiger charge is 2.42. The van der Waals surface area contributed by atoms with E-state index in [2.05, 4.69) is 34.0 Å². The van der Waals surface area contributed by atoms with Gasteiger partial charge in [0.2, 0.25) is 0 Å². The van der Waals surface area contributed by atoms with Crippen molar-refractivity contribution in [2.75, 3.05) is 11.4 Å². The molecule has 1 fully saturated rings. The molecule has 1 saturated heterocycles. The molecule has 1 atom stereocenters. The molecule has 3 aromatic carbocycles. The Kier molecular flexibility index (Phi) is 5.58. The number of carbonyl (C=O) groups excluding carboxylic acids is 1. The number of carbonyl (C=O) groups is 1. The molecule has 2 aliphatic heterocycles. The molecular weight excluding hydrogens is 450 g/mol. The van der Waals surface area contributed by atoms with Gasteiger partial charge in [-0.25, -0.2) is 9.78 Å². The topological polar surface area (TPSA) is 82.6 Å². The number of ether oxygens (including phenoxy) is 1. The molecule has 1 aromatic heterocycles. The van der Waals surface area contributed by atoms with Gasteiger partial charge >= 0.3 is 6.03 Å². The predicted octanol–water partition coefficient (Wildman–Crippen LogP) is 5.48. The standard InChI is InChI=1S/C29H25N5O2/c1-19-22-11-5-6-12-26(22)36-17-23(19)27-28(30-15-7-10-20-8-3-2-4-9-20)33-29(35)34(27)21-13-14-24-25(16-21)32-18-31-24/h2-6,8-9,11-14,16-18,27H,1,7,10,15H2,(H,31,32)(H,30,33,35). The Labute approximate surface area is 208 Å². The largest absolute Gasteiger partial charge is 0.464 e. The number of fused-ring (bicyclic) bond motifs is 2. The van der Waals surface area contributed by atoms with Crippen LogP contribution in [0.5, 0.6) is 5.75 Å². The Morgan fingerprint density at radius 3 is 2.78 bits per heavy atom. The maximum Gasteiger partial charge on any atom is 0.328 e. The first-order valence-corrected chi connectivity index (χ1v) is 12.0. The number of imidazole rings is 1. The van der Waals surface area contributed by atoms with E-state index in [0.717, 1.165) is 52.0 Å². The monoisotopic (exact) mass is 475 g/mol. The summed E-state index contributed by atoms with van der Waals surface area (Å²) in [6.45, 7) is 4.95. The van der Waals surface area contributed by atoms with Crippen molar-refractivity contribution < 1.29 is 9.53 Å². The van der Waals surface area contributed by atoms with E-state index < -0.39 is 6.04 Å². The fraction of sp³-hybridized carbons (Fsp3) is 0.138. The molecule has 178 valence electrons. The van der Waals surface area contributed by atoms with Gasteiger partial charge in [0.15, 0.2) is 0 Å². The number of aryl methyl sites for hydroxylation is 1. The van der Waals surface area contributed by atoms with Gasteiger partial charge in [0.05, 0.1) is 23.6 Å². The lowest BCUT2D eigenvalue weighted by Gasteiger charge is -2.29. The number of H-pyrrole nitrogens is 1. The number of urea groups is 1. The zero-order valence-electron chi connectivity index (χ0n) is 19.6. The molecule has 4 aromatic rings. The number of aromatic nitrogens is 2. The van der Waals surface area contributed by atoms with Crippen molar-refractivity contribution in [3.05, 3.63) is 109 Å². The lowest BCUT2D eigenvalue weighted by Crippen LogP contribution is -2.38. The van der Waals surface area contributed by atoms with Crippen LogP contribution in [0.2, 0.25) is 0 Å². The summed E-state index contributed by atoms with van der Waals surface area (Å²) in [5.41, 5.74) is 6.18. The molecule has 2 N–H and O–H groups in total. The number of aromatic amines is 1. The first-order chi connectivity index (χ1) is 17.7. The van der Waals surface area contributed by atoms with E-state index in [1.165, 1.54) is 5.56 Å². The molecule has 6 rings (SSSR count). The van der Waals surface area contributed by atoms with E-state index in [1.807, 2.05) is 60.7 Å². The minimum Gasteiger partial charge on any atom is -0.464 e. The van der Waals surface area contributed by atoms with Crippen molar-refractivity contribution in [1.82, 2.24) is 15.3 Å². The average molecular weight is 476 g/mol. The molecule has 1 unspecified atom stereocenters. The summed E-state index contributed by atoms with van der Waals surface area (Å²) in [6, 6.07) is 23.1. The van der Waals surface area contributed by atoms with Crippen LogP contribution in [0.4, 0.5) is 10.5 Å². The van der Waals surface area contributed by atoms with Crippen LogP contribution < -0.4 is 15.0 Å². The molecule has 0 spiro atoms. The predicted molar refractivity (Wildman–Crippen MR) is 142 cm³/mol. The summed E-state index contributed by atoms with van der Waals surface area (Å²) in [4.78, 5) is 27.3. The molecule has 7 nitrogen and oxygen atoms in total. The number of benzene rings is 3. The van der Waals surface area contributed by atoms with Crippen LogP contribution in [0.15, 0.2) is 103 Å². The SMILES string of the molecule is C=C1C(C2/C(=N/CCCc3ccccc3)NC(=O)N2c2ccc3[nH]cnc3c2)=COc2ccccc21. The van der Waals surface area contributed by atoms with Gasteiger partial charge in [0.25, 0.3) is 0 Å². The number of hydrogen-bond donors (Lipinski definition) is 2. The van der Waals surface area contributed by atoms with Crippen molar-refractivity contribution >= 4 is 34.2 Å². The minimum atomic E-state index is -0.494. The van der Waals surface area contributed by atoms with Crippen LogP contribution in [0.25, 0.3) is 16.6 Å². The van der Waals surface area contributed by atoms with Gasteiger partial charge in [-0.2, -0.15) is 0 Å². The number of amidine groups is 1. The third-order valence-corrected chi connectivity index (χ3v) is 6.57. The maximum absolute atomic E-state index is 13.3. The summed E-state index contributed by atoms with van der Waals surface area (Å²) in [6.07, 6.45) is 5.12. The average Bonchev–Trinajstić information content (AvgIpc) is 3.51. The second kappa shape index (κ2) is 9.19. The van der Waals surface area contributed by atoms with Gasteiger partial charge in [-0.3, -0.25) is 15.2 Å². The van der Waals surface area contributed by atoms with Crippen LogP contribution in [-0.4, -0.2) is 34.4 Å². The third kappa shape index (κ3) is 3.94. The summed E-state index contributed by atoms with van der Waals surface area (Å²) in [5, 5.41) is 3.01. The van der Waals surface area contributed by atoms with Crippen molar-refractivity contribution in [2.24, 2.45) is 4.99 Å². The molecule has 36 heavy (non-hydrogen) atoms. The van der Waals surface area contributed by atoms with Crippen LogP contribution >= 0.6 is 0 Å². The number of nitrogens with zero attached hydrogens (tertiary/aromatic N) is 3. The molecular formula is C29H25N5O2. The second-order valence-electron chi connectivity index (χ2n) is 8.83. The number of amides is 2. The quantitative estimate of drug-likeness (QED) is 0.362. The zero-order chi connectivity index (χ0) is 24.5. The van der Waals surface area contributed by atoms with Gasteiger partial charge in [-0.05, 0) is 48.2 Å². The van der Waals surface area contributed by atoms with Gasteiger partial charge < -0.3 is 9.72 Å². The Hall–Kier alpha value is -4.65. The minimum absolute atomic E-state index is 0.246. The number of para-hydroxylation sites is 1. The number of rotatable bonds is 6. The van der Waals surface area contributed by atoms with Crippen LogP contribution in [0.1, 0.15) is 17.5 Å². The smallest absolute Gasteiger partial charge is 0.328 e. The normalized spacial score (nSPS) is 18.2. The van der Waals surface area contributed by atoms with E-state index in [1.54, 1.807) is 17.5 Å². The first-order valence-electron chi connectivity index (χ1n) is 12.0. The second-order valence-corrected chi connectivity index (χ2v) is 8.83. The lowest BCUT2D eigenvalue weighted by molar-refractivity contribution is 0.253. The fourth-order valence-corrected chi connectivity index (χ4v) is 4.76. The maximum atomic E-state index is 13.3. The van der Waals surface area contributed by atoms with Crippen molar-refractivity contribution in [2.45, 2.75) is 18.9 Å². The lowest BCUT2D eigenvalue weighted by atomic mass is 9.91. The molecule has 7 heteroatoms. The Bertz CT molecular complexity index is 1520. The van der Waals surface area contributed by atoms with Crippen molar-refractivity contribution in [3.8, 4) is 5.75 Å². The highest BCUT2D eigenvalue weighted by atomic mass is 16.5. The Morgan fingerprint density at radius 1 is 1.06 bits per heavy atom. The summed E-state index contributed by atoms with van der Waals surface area (Å²) < 4.78 is 5.97. The van der Waals surface area contributed by atoms with Crippen LogP contribution in [-0.2, 0) is 6.42 Å². The molecule has 2 aliphatic rings. The fourth-order valence-electron chi connectivity index (χ4n) is 4.76. The molecule has 0 aliphatic carbocycles. The van der Waals surface area contributed by atoms with Crippen LogP contribution in [0, 0.1) is 0 Å². The Morgan fingerprint density at radius 2 is 1.89 bits per heavy atom. The van der Waals surface area contributed by atoms with Gasteiger partial charge in [0.1, 0.15) is 17.6 Å².